The van der Waals surface area contributed by atoms with Crippen molar-refractivity contribution in [3.63, 3.8) is 0 Å². The van der Waals surface area contributed by atoms with Crippen molar-refractivity contribution in [2.45, 2.75) is 19.8 Å². The standard InChI is InChI=1S/C15H15NO4/c1-2-3-6-18-15(17)12(9-16)7-11-4-5-13-14(8-11)20-10-19-13/h4-5,7-8H,2-3,6,10H2,1H3/b12-7+. The van der Waals surface area contributed by atoms with Gasteiger partial charge in [-0.3, -0.25) is 0 Å². The van der Waals surface area contributed by atoms with Gasteiger partial charge in [-0.15, -0.1) is 0 Å². The maximum absolute atomic E-state index is 11.7. The van der Waals surface area contributed by atoms with Gasteiger partial charge in [0.2, 0.25) is 6.79 Å². The maximum atomic E-state index is 11.7. The molecular weight excluding hydrogens is 258 g/mol. The number of esters is 1. The summed E-state index contributed by atoms with van der Waals surface area (Å²) in [5.74, 6) is 0.667. The highest BCUT2D eigenvalue weighted by Gasteiger charge is 2.14. The van der Waals surface area contributed by atoms with Gasteiger partial charge in [-0.25, -0.2) is 4.79 Å². The molecule has 0 spiro atoms. The van der Waals surface area contributed by atoms with E-state index in [0.717, 1.165) is 12.8 Å². The van der Waals surface area contributed by atoms with Gasteiger partial charge in [0, 0.05) is 0 Å². The van der Waals surface area contributed by atoms with Crippen molar-refractivity contribution >= 4 is 12.0 Å². The largest absolute Gasteiger partial charge is 0.462 e. The Morgan fingerprint density at radius 2 is 2.25 bits per heavy atom. The Morgan fingerprint density at radius 1 is 1.45 bits per heavy atom. The summed E-state index contributed by atoms with van der Waals surface area (Å²) in [6, 6.07) is 7.08. The first-order valence-electron chi connectivity index (χ1n) is 6.43. The number of benzene rings is 1. The van der Waals surface area contributed by atoms with Crippen LogP contribution in [-0.2, 0) is 9.53 Å². The first-order chi connectivity index (χ1) is 9.74. The molecule has 1 aromatic rings. The Balaban J connectivity index is 2.10. The van der Waals surface area contributed by atoms with Gasteiger partial charge in [-0.1, -0.05) is 19.4 Å². The van der Waals surface area contributed by atoms with Crippen LogP contribution in [0.4, 0.5) is 0 Å². The van der Waals surface area contributed by atoms with Crippen molar-refractivity contribution in [1.82, 2.24) is 0 Å². The normalized spacial score (nSPS) is 12.9. The molecule has 0 fully saturated rings. The molecule has 0 saturated carbocycles. The Labute approximate surface area is 117 Å². The zero-order valence-corrected chi connectivity index (χ0v) is 11.2. The van der Waals surface area contributed by atoms with Gasteiger partial charge in [-0.05, 0) is 30.2 Å². The third kappa shape index (κ3) is 3.29. The van der Waals surface area contributed by atoms with Crippen LogP contribution in [-0.4, -0.2) is 19.4 Å². The Hall–Kier alpha value is -2.48. The highest BCUT2D eigenvalue weighted by atomic mass is 16.7. The Bertz CT molecular complexity index is 572. The minimum absolute atomic E-state index is 0.0278. The average Bonchev–Trinajstić information content (AvgIpc) is 2.92. The number of unbranched alkanes of at least 4 members (excludes halogenated alkanes) is 1. The van der Waals surface area contributed by atoms with Crippen molar-refractivity contribution in [2.75, 3.05) is 13.4 Å². The molecule has 1 heterocycles. The molecule has 0 N–H and O–H groups in total. The van der Waals surface area contributed by atoms with Crippen LogP contribution in [0.1, 0.15) is 25.3 Å². The van der Waals surface area contributed by atoms with Crippen LogP contribution < -0.4 is 9.47 Å². The summed E-state index contributed by atoms with van der Waals surface area (Å²) in [4.78, 5) is 11.7. The molecule has 0 amide bonds. The van der Waals surface area contributed by atoms with Crippen molar-refractivity contribution < 1.29 is 19.0 Å². The predicted molar refractivity (Wildman–Crippen MR) is 72.0 cm³/mol. The summed E-state index contributed by atoms with van der Waals surface area (Å²) < 4.78 is 15.5. The number of carbonyl (C=O) groups excluding carboxylic acids is 1. The number of rotatable bonds is 5. The summed E-state index contributed by atoms with van der Waals surface area (Å²) >= 11 is 0. The highest BCUT2D eigenvalue weighted by molar-refractivity contribution is 5.97. The lowest BCUT2D eigenvalue weighted by molar-refractivity contribution is -0.138. The van der Waals surface area contributed by atoms with Gasteiger partial charge in [0.25, 0.3) is 0 Å². The van der Waals surface area contributed by atoms with E-state index in [1.54, 1.807) is 18.2 Å². The first kappa shape index (κ1) is 13.9. The van der Waals surface area contributed by atoms with E-state index in [1.165, 1.54) is 6.08 Å². The van der Waals surface area contributed by atoms with Crippen LogP contribution in [0.2, 0.25) is 0 Å². The van der Waals surface area contributed by atoms with Gasteiger partial charge in [0.1, 0.15) is 11.6 Å². The molecule has 0 aliphatic carbocycles. The van der Waals surface area contributed by atoms with Crippen LogP contribution in [0.15, 0.2) is 23.8 Å². The summed E-state index contributed by atoms with van der Waals surface area (Å²) in [6.07, 6.45) is 3.20. The summed E-state index contributed by atoms with van der Waals surface area (Å²) in [7, 11) is 0. The monoisotopic (exact) mass is 273 g/mol. The van der Waals surface area contributed by atoms with E-state index in [-0.39, 0.29) is 12.4 Å². The number of hydrogen-bond donors (Lipinski definition) is 0. The van der Waals surface area contributed by atoms with E-state index in [0.29, 0.717) is 23.7 Å². The molecule has 1 aliphatic rings. The zero-order valence-electron chi connectivity index (χ0n) is 11.2. The minimum atomic E-state index is -0.599. The fourth-order valence-corrected chi connectivity index (χ4v) is 1.69. The molecule has 0 aromatic heterocycles. The topological polar surface area (TPSA) is 68.6 Å². The van der Waals surface area contributed by atoms with Gasteiger partial charge >= 0.3 is 5.97 Å². The van der Waals surface area contributed by atoms with E-state index in [9.17, 15) is 4.79 Å². The number of carbonyl (C=O) groups is 1. The molecule has 104 valence electrons. The molecule has 0 bridgehead atoms. The summed E-state index contributed by atoms with van der Waals surface area (Å²) in [5.41, 5.74) is 0.665. The minimum Gasteiger partial charge on any atom is -0.462 e. The molecule has 0 saturated heterocycles. The lowest BCUT2D eigenvalue weighted by Crippen LogP contribution is -2.07. The third-order valence-corrected chi connectivity index (χ3v) is 2.78. The van der Waals surface area contributed by atoms with E-state index >= 15 is 0 Å². The van der Waals surface area contributed by atoms with Crippen LogP contribution in [0, 0.1) is 11.3 Å². The van der Waals surface area contributed by atoms with E-state index in [2.05, 4.69) is 0 Å². The second kappa shape index (κ2) is 6.62. The highest BCUT2D eigenvalue weighted by Crippen LogP contribution is 2.33. The third-order valence-electron chi connectivity index (χ3n) is 2.78. The molecule has 2 rings (SSSR count). The number of hydrogen-bond acceptors (Lipinski definition) is 5. The fourth-order valence-electron chi connectivity index (χ4n) is 1.69. The fraction of sp³-hybridized carbons (Fsp3) is 0.333. The SMILES string of the molecule is CCCCOC(=O)/C(C#N)=C/c1ccc2c(c1)OCO2. The predicted octanol–water partition coefficient (Wildman–Crippen LogP) is 2.67. The number of nitriles is 1. The molecule has 1 aromatic carbocycles. The van der Waals surface area contributed by atoms with Gasteiger partial charge in [0.15, 0.2) is 11.5 Å². The van der Waals surface area contributed by atoms with Crippen LogP contribution in [0.3, 0.4) is 0 Å². The summed E-state index contributed by atoms with van der Waals surface area (Å²) in [5, 5.41) is 9.03. The van der Waals surface area contributed by atoms with Crippen LogP contribution >= 0.6 is 0 Å². The van der Waals surface area contributed by atoms with Crippen LogP contribution in [0.25, 0.3) is 6.08 Å². The van der Waals surface area contributed by atoms with Crippen molar-refractivity contribution in [2.24, 2.45) is 0 Å². The van der Waals surface area contributed by atoms with Crippen molar-refractivity contribution in [1.29, 1.82) is 5.26 Å². The number of ether oxygens (including phenoxy) is 3. The lowest BCUT2D eigenvalue weighted by atomic mass is 10.1. The van der Waals surface area contributed by atoms with E-state index < -0.39 is 5.97 Å². The average molecular weight is 273 g/mol. The van der Waals surface area contributed by atoms with Crippen molar-refractivity contribution in [3.8, 4) is 17.6 Å². The molecule has 20 heavy (non-hydrogen) atoms. The number of fused-ring (bicyclic) bond motifs is 1. The number of nitrogens with zero attached hydrogens (tertiary/aromatic N) is 1. The van der Waals surface area contributed by atoms with Gasteiger partial charge in [-0.2, -0.15) is 5.26 Å². The molecule has 0 radical (unpaired) electrons. The maximum Gasteiger partial charge on any atom is 0.348 e. The second-order valence-corrected chi connectivity index (χ2v) is 4.27. The Morgan fingerprint density at radius 3 is 3.00 bits per heavy atom. The molecule has 5 nitrogen and oxygen atoms in total. The second-order valence-electron chi connectivity index (χ2n) is 4.27. The molecule has 5 heteroatoms. The molecule has 0 unspecified atom stereocenters. The smallest absolute Gasteiger partial charge is 0.348 e. The molecular formula is C15H15NO4. The summed E-state index contributed by atoms with van der Waals surface area (Å²) in [6.45, 7) is 2.52. The van der Waals surface area contributed by atoms with E-state index in [4.69, 9.17) is 19.5 Å². The van der Waals surface area contributed by atoms with Crippen LogP contribution in [0.5, 0.6) is 11.5 Å². The zero-order chi connectivity index (χ0) is 14.4. The molecule has 0 atom stereocenters. The van der Waals surface area contributed by atoms with E-state index in [1.807, 2.05) is 13.0 Å². The first-order valence-corrected chi connectivity index (χ1v) is 6.43. The van der Waals surface area contributed by atoms with Gasteiger partial charge < -0.3 is 14.2 Å². The van der Waals surface area contributed by atoms with Gasteiger partial charge in [0.05, 0.1) is 6.61 Å². The Kier molecular flexibility index (Phi) is 4.61. The lowest BCUT2D eigenvalue weighted by Gasteiger charge is -2.03. The molecule has 1 aliphatic heterocycles. The quantitative estimate of drug-likeness (QED) is 0.357. The van der Waals surface area contributed by atoms with Crippen molar-refractivity contribution in [3.05, 3.63) is 29.3 Å².